The number of nitrogens with zero attached hydrogens (tertiary/aromatic N) is 3. The molecule has 0 N–H and O–H groups in total. The Balaban J connectivity index is 1.36. The zero-order valence-electron chi connectivity index (χ0n) is 21.9. The molecule has 202 valence electrons. The second-order valence-electron chi connectivity index (χ2n) is 10.3. The van der Waals surface area contributed by atoms with Crippen LogP contribution < -0.4 is 0 Å². The van der Waals surface area contributed by atoms with Crippen LogP contribution in [0.4, 0.5) is 9.59 Å². The number of urea groups is 1. The minimum atomic E-state index is -1.50. The van der Waals surface area contributed by atoms with Crippen molar-refractivity contribution in [3.63, 3.8) is 0 Å². The summed E-state index contributed by atoms with van der Waals surface area (Å²) >= 11 is 0. The Labute approximate surface area is 232 Å². The first-order valence-electron chi connectivity index (χ1n) is 13.5. The van der Waals surface area contributed by atoms with Crippen molar-refractivity contribution in [1.82, 2.24) is 14.7 Å². The van der Waals surface area contributed by atoms with Gasteiger partial charge in [0.2, 0.25) is 0 Å². The molecule has 0 bridgehead atoms. The summed E-state index contributed by atoms with van der Waals surface area (Å²) in [6, 6.07) is 27.3. The van der Waals surface area contributed by atoms with Gasteiger partial charge < -0.3 is 9.64 Å². The van der Waals surface area contributed by atoms with Crippen LogP contribution in [-0.4, -0.2) is 56.8 Å². The summed E-state index contributed by atoms with van der Waals surface area (Å²) in [5.41, 5.74) is 1.27. The summed E-state index contributed by atoms with van der Waals surface area (Å²) in [5.74, 6) is -1.02. The lowest BCUT2D eigenvalue weighted by molar-refractivity contribution is -0.135. The quantitative estimate of drug-likeness (QED) is 0.410. The Morgan fingerprint density at radius 3 is 2.00 bits per heavy atom. The van der Waals surface area contributed by atoms with Crippen LogP contribution in [0.25, 0.3) is 0 Å². The molecular weight excluding hydrogens is 506 g/mol. The van der Waals surface area contributed by atoms with E-state index in [2.05, 4.69) is 0 Å². The fourth-order valence-corrected chi connectivity index (χ4v) is 5.98. The van der Waals surface area contributed by atoms with E-state index in [1.54, 1.807) is 6.08 Å². The van der Waals surface area contributed by atoms with Crippen molar-refractivity contribution in [2.75, 3.05) is 6.61 Å². The molecule has 1 unspecified atom stereocenters. The molecular formula is C32H29N3O5. The minimum Gasteiger partial charge on any atom is -0.447 e. The van der Waals surface area contributed by atoms with Crippen LogP contribution in [0.3, 0.4) is 0 Å². The van der Waals surface area contributed by atoms with E-state index in [4.69, 9.17) is 4.74 Å². The Morgan fingerprint density at radius 1 is 0.800 bits per heavy atom. The predicted molar refractivity (Wildman–Crippen MR) is 147 cm³/mol. The van der Waals surface area contributed by atoms with Crippen LogP contribution in [-0.2, 0) is 33.8 Å². The summed E-state index contributed by atoms with van der Waals surface area (Å²) in [6.07, 6.45) is 2.10. The Morgan fingerprint density at radius 2 is 1.38 bits per heavy atom. The highest BCUT2D eigenvalue weighted by molar-refractivity contribution is 6.17. The largest absolute Gasteiger partial charge is 0.447 e. The topological polar surface area (TPSA) is 87.2 Å². The number of carbonyl (C=O) groups is 4. The first-order valence-corrected chi connectivity index (χ1v) is 13.5. The average Bonchev–Trinajstić information content (AvgIpc) is 3.64. The fraction of sp³-hybridized carbons (Fsp3) is 0.250. The molecule has 2 heterocycles. The zero-order chi connectivity index (χ0) is 27.7. The van der Waals surface area contributed by atoms with Crippen molar-refractivity contribution >= 4 is 23.9 Å². The SMILES string of the molecule is O=C1OC[C@H](Cc2ccccc2)N1C(=O)C1=CCCC12C(=O)N(Cc1ccccc1)C(=O)N2Cc1ccccc1. The smallest absolute Gasteiger partial charge is 0.417 e. The second-order valence-corrected chi connectivity index (χ2v) is 10.3. The van der Waals surface area contributed by atoms with E-state index in [0.29, 0.717) is 12.8 Å². The summed E-state index contributed by atoms with van der Waals surface area (Å²) in [5, 5.41) is 0. The average molecular weight is 536 g/mol. The molecule has 0 saturated carbocycles. The third kappa shape index (κ3) is 4.35. The van der Waals surface area contributed by atoms with Crippen molar-refractivity contribution in [3.05, 3.63) is 119 Å². The van der Waals surface area contributed by atoms with E-state index < -0.39 is 35.5 Å². The number of carbonyl (C=O) groups excluding carboxylic acids is 4. The number of benzene rings is 3. The maximum atomic E-state index is 14.3. The molecule has 0 radical (unpaired) electrons. The fourth-order valence-electron chi connectivity index (χ4n) is 5.98. The molecule has 2 atom stereocenters. The third-order valence-electron chi connectivity index (χ3n) is 7.91. The van der Waals surface area contributed by atoms with Gasteiger partial charge in [-0.1, -0.05) is 97.1 Å². The van der Waals surface area contributed by atoms with Gasteiger partial charge in [-0.05, 0) is 36.0 Å². The normalized spacial score (nSPS) is 22.3. The van der Waals surface area contributed by atoms with Gasteiger partial charge in [-0.25, -0.2) is 14.5 Å². The Bertz CT molecular complexity index is 1470. The molecule has 2 fully saturated rings. The molecule has 2 saturated heterocycles. The molecule has 3 aromatic rings. The van der Waals surface area contributed by atoms with E-state index >= 15 is 0 Å². The number of rotatable bonds is 7. The van der Waals surface area contributed by atoms with Gasteiger partial charge in [0.15, 0.2) is 5.54 Å². The third-order valence-corrected chi connectivity index (χ3v) is 7.91. The summed E-state index contributed by atoms with van der Waals surface area (Å²) in [4.78, 5) is 59.1. The van der Waals surface area contributed by atoms with Gasteiger partial charge in [0.1, 0.15) is 6.61 Å². The van der Waals surface area contributed by atoms with E-state index in [0.717, 1.165) is 21.6 Å². The van der Waals surface area contributed by atoms with Gasteiger partial charge in [-0.15, -0.1) is 0 Å². The first kappa shape index (κ1) is 25.6. The predicted octanol–water partition coefficient (Wildman–Crippen LogP) is 4.70. The first-order chi connectivity index (χ1) is 19.5. The molecule has 6 rings (SSSR count). The molecule has 1 aliphatic carbocycles. The lowest BCUT2D eigenvalue weighted by Gasteiger charge is -2.35. The van der Waals surface area contributed by atoms with Crippen LogP contribution in [0.5, 0.6) is 0 Å². The van der Waals surface area contributed by atoms with Gasteiger partial charge in [-0.2, -0.15) is 0 Å². The lowest BCUT2D eigenvalue weighted by Crippen LogP contribution is -2.54. The molecule has 5 amide bonds. The molecule has 0 aromatic heterocycles. The van der Waals surface area contributed by atoms with E-state index in [1.807, 2.05) is 91.0 Å². The molecule has 3 aromatic carbocycles. The highest BCUT2D eigenvalue weighted by Gasteiger charge is 2.63. The number of hydrogen-bond acceptors (Lipinski definition) is 5. The Hall–Kier alpha value is -4.72. The van der Waals surface area contributed by atoms with Crippen molar-refractivity contribution in [2.24, 2.45) is 0 Å². The highest BCUT2D eigenvalue weighted by Crippen LogP contribution is 2.45. The van der Waals surface area contributed by atoms with Gasteiger partial charge in [0.05, 0.1) is 12.6 Å². The molecule has 2 aliphatic heterocycles. The number of ether oxygens (including phenoxy) is 1. The van der Waals surface area contributed by atoms with E-state index in [-0.39, 0.29) is 31.7 Å². The highest BCUT2D eigenvalue weighted by atomic mass is 16.6. The Kier molecular flexibility index (Phi) is 6.67. The van der Waals surface area contributed by atoms with Crippen molar-refractivity contribution in [1.29, 1.82) is 0 Å². The summed E-state index contributed by atoms with van der Waals surface area (Å²) < 4.78 is 5.32. The number of imide groups is 2. The number of allylic oxidation sites excluding steroid dienone is 1. The van der Waals surface area contributed by atoms with Crippen molar-refractivity contribution in [2.45, 2.75) is 43.9 Å². The standard InChI is InChI=1S/C32H29N3O5/c36-28(35-26(22-40-31(35)39)19-23-11-4-1-5-12-23)27-17-10-18-32(27)29(37)33(20-24-13-6-2-7-14-24)30(38)34(32)21-25-15-8-3-9-16-25/h1-9,11-17,26H,10,18-22H2/t26-,32?/m0/s1. The molecule has 3 aliphatic rings. The number of cyclic esters (lactones) is 1. The van der Waals surface area contributed by atoms with E-state index in [9.17, 15) is 19.2 Å². The molecule has 40 heavy (non-hydrogen) atoms. The minimum absolute atomic E-state index is 0.0699. The van der Waals surface area contributed by atoms with Crippen molar-refractivity contribution in [3.8, 4) is 0 Å². The number of amides is 5. The summed E-state index contributed by atoms with van der Waals surface area (Å²) in [7, 11) is 0. The monoisotopic (exact) mass is 535 g/mol. The van der Waals surface area contributed by atoms with Crippen LogP contribution in [0.1, 0.15) is 29.5 Å². The van der Waals surface area contributed by atoms with Gasteiger partial charge in [-0.3, -0.25) is 14.5 Å². The van der Waals surface area contributed by atoms with Gasteiger partial charge in [0, 0.05) is 12.1 Å². The second kappa shape index (κ2) is 10.4. The van der Waals surface area contributed by atoms with Crippen molar-refractivity contribution < 1.29 is 23.9 Å². The van der Waals surface area contributed by atoms with Crippen LogP contribution in [0, 0.1) is 0 Å². The van der Waals surface area contributed by atoms with Gasteiger partial charge >= 0.3 is 12.1 Å². The zero-order valence-corrected chi connectivity index (χ0v) is 21.9. The van der Waals surface area contributed by atoms with E-state index in [1.165, 1.54) is 9.80 Å². The molecule has 1 spiro atoms. The maximum absolute atomic E-state index is 14.3. The summed E-state index contributed by atoms with van der Waals surface area (Å²) in [6.45, 7) is 0.315. The lowest BCUT2D eigenvalue weighted by atomic mass is 9.87. The van der Waals surface area contributed by atoms with Crippen LogP contribution in [0.2, 0.25) is 0 Å². The molecule has 8 heteroatoms. The maximum Gasteiger partial charge on any atom is 0.417 e. The number of hydrogen-bond donors (Lipinski definition) is 0. The van der Waals surface area contributed by atoms with Gasteiger partial charge in [0.25, 0.3) is 11.8 Å². The van der Waals surface area contributed by atoms with Crippen LogP contribution >= 0.6 is 0 Å². The molecule has 8 nitrogen and oxygen atoms in total. The van der Waals surface area contributed by atoms with Crippen LogP contribution in [0.15, 0.2) is 103 Å².